The Balaban J connectivity index is 1.96. The molecule has 1 atom stereocenters. The number of aryl methyl sites for hydroxylation is 1. The smallest absolute Gasteiger partial charge is 0.253 e. The van der Waals surface area contributed by atoms with Gasteiger partial charge in [-0.25, -0.2) is 13.9 Å². The number of rotatable bonds is 8. The van der Waals surface area contributed by atoms with E-state index >= 15 is 0 Å². The first-order valence-corrected chi connectivity index (χ1v) is 8.72. The molecule has 0 saturated carbocycles. The monoisotopic (exact) mass is 371 g/mol. The minimum Gasteiger partial charge on any atom is -0.497 e. The number of aromatic nitrogens is 1. The SMILES string of the molecule is CNS(=O)OCC(=O)Nc1nc(C)c(Oc2ccc(OC)cc2)s1. The van der Waals surface area contributed by atoms with Crippen molar-refractivity contribution in [2.75, 3.05) is 26.1 Å². The lowest BCUT2D eigenvalue weighted by Crippen LogP contribution is -2.22. The molecule has 2 aromatic rings. The van der Waals surface area contributed by atoms with Crippen molar-refractivity contribution in [3.8, 4) is 16.6 Å². The van der Waals surface area contributed by atoms with Crippen LogP contribution < -0.4 is 19.5 Å². The van der Waals surface area contributed by atoms with E-state index in [4.69, 9.17) is 13.7 Å². The summed E-state index contributed by atoms with van der Waals surface area (Å²) in [5.74, 6) is 0.909. The van der Waals surface area contributed by atoms with E-state index in [9.17, 15) is 9.00 Å². The Morgan fingerprint density at radius 3 is 2.58 bits per heavy atom. The summed E-state index contributed by atoms with van der Waals surface area (Å²) in [4.78, 5) is 15.9. The quantitative estimate of drug-likeness (QED) is 0.736. The molecule has 1 unspecified atom stereocenters. The number of nitrogens with one attached hydrogen (secondary N) is 2. The lowest BCUT2D eigenvalue weighted by molar-refractivity contribution is -0.117. The minimum absolute atomic E-state index is 0.346. The largest absolute Gasteiger partial charge is 0.497 e. The van der Waals surface area contributed by atoms with Crippen molar-refractivity contribution in [3.63, 3.8) is 0 Å². The lowest BCUT2D eigenvalue weighted by Gasteiger charge is -2.04. The molecule has 0 fully saturated rings. The lowest BCUT2D eigenvalue weighted by atomic mass is 10.3. The number of nitrogens with zero attached hydrogens (tertiary/aromatic N) is 1. The van der Waals surface area contributed by atoms with E-state index in [1.165, 1.54) is 18.4 Å². The van der Waals surface area contributed by atoms with Gasteiger partial charge in [0.2, 0.25) is 16.3 Å². The first-order chi connectivity index (χ1) is 11.5. The summed E-state index contributed by atoms with van der Waals surface area (Å²) in [5, 5.41) is 3.51. The van der Waals surface area contributed by atoms with E-state index in [2.05, 4.69) is 15.0 Å². The standard InChI is InChI=1S/C14H17N3O5S2/c1-9-13(22-11-6-4-10(20-3)5-7-11)23-14(16-9)17-12(18)8-21-24(19)15-2/h4-7,15H,8H2,1-3H3,(H,16,17,18). The fourth-order valence-electron chi connectivity index (χ4n) is 1.60. The van der Waals surface area contributed by atoms with E-state index in [1.807, 2.05) is 0 Å². The fourth-order valence-corrected chi connectivity index (χ4v) is 2.79. The summed E-state index contributed by atoms with van der Waals surface area (Å²) < 4.78 is 29.0. The molecule has 0 aliphatic heterocycles. The number of benzene rings is 1. The molecular formula is C14H17N3O5S2. The molecule has 2 N–H and O–H groups in total. The molecule has 2 rings (SSSR count). The van der Waals surface area contributed by atoms with Crippen LogP contribution in [0.25, 0.3) is 0 Å². The Hall–Kier alpha value is -2.01. The van der Waals surface area contributed by atoms with Crippen molar-refractivity contribution < 1.29 is 22.7 Å². The summed E-state index contributed by atoms with van der Waals surface area (Å²) in [7, 11) is 3.05. The van der Waals surface area contributed by atoms with Crippen molar-refractivity contribution in [1.82, 2.24) is 9.71 Å². The van der Waals surface area contributed by atoms with Crippen LogP contribution >= 0.6 is 11.3 Å². The zero-order valence-electron chi connectivity index (χ0n) is 13.3. The van der Waals surface area contributed by atoms with Crippen LogP contribution in [0.15, 0.2) is 24.3 Å². The molecule has 24 heavy (non-hydrogen) atoms. The molecule has 0 bridgehead atoms. The molecule has 8 nitrogen and oxygen atoms in total. The van der Waals surface area contributed by atoms with Crippen molar-refractivity contribution in [2.45, 2.75) is 6.92 Å². The number of carbonyl (C=O) groups is 1. The summed E-state index contributed by atoms with van der Waals surface area (Å²) in [6.07, 6.45) is 0. The highest BCUT2D eigenvalue weighted by Crippen LogP contribution is 2.34. The number of thiazole rings is 1. The van der Waals surface area contributed by atoms with Gasteiger partial charge in [-0.3, -0.25) is 14.3 Å². The average Bonchev–Trinajstić information content (AvgIpc) is 2.92. The Bertz CT molecular complexity index is 718. The van der Waals surface area contributed by atoms with Gasteiger partial charge in [0.25, 0.3) is 5.91 Å². The third kappa shape index (κ3) is 5.27. The number of methoxy groups -OCH3 is 1. The number of amides is 1. The molecule has 1 heterocycles. The molecule has 1 aromatic carbocycles. The van der Waals surface area contributed by atoms with Gasteiger partial charge in [0.1, 0.15) is 18.1 Å². The van der Waals surface area contributed by atoms with Gasteiger partial charge >= 0.3 is 0 Å². The van der Waals surface area contributed by atoms with Crippen molar-refractivity contribution in [1.29, 1.82) is 0 Å². The molecule has 130 valence electrons. The molecule has 10 heteroatoms. The van der Waals surface area contributed by atoms with Gasteiger partial charge < -0.3 is 9.47 Å². The highest BCUT2D eigenvalue weighted by atomic mass is 32.2. The Morgan fingerprint density at radius 2 is 1.96 bits per heavy atom. The van der Waals surface area contributed by atoms with E-state index in [1.54, 1.807) is 38.3 Å². The van der Waals surface area contributed by atoms with Gasteiger partial charge in [0.05, 0.1) is 12.8 Å². The van der Waals surface area contributed by atoms with Crippen LogP contribution in [-0.2, 0) is 20.2 Å². The molecule has 0 radical (unpaired) electrons. The van der Waals surface area contributed by atoms with Crippen LogP contribution in [0.4, 0.5) is 5.13 Å². The van der Waals surface area contributed by atoms with Crippen molar-refractivity contribution in [2.24, 2.45) is 0 Å². The van der Waals surface area contributed by atoms with Crippen LogP contribution in [0.3, 0.4) is 0 Å². The predicted octanol–water partition coefficient (Wildman–Crippen LogP) is 2.01. The van der Waals surface area contributed by atoms with Crippen LogP contribution in [0.1, 0.15) is 5.69 Å². The zero-order chi connectivity index (χ0) is 17.5. The maximum Gasteiger partial charge on any atom is 0.253 e. The summed E-state index contributed by atoms with van der Waals surface area (Å²) in [5.41, 5.74) is 0.644. The second-order valence-electron chi connectivity index (χ2n) is 4.42. The van der Waals surface area contributed by atoms with Gasteiger partial charge in [-0.15, -0.1) is 0 Å². The Labute approximate surface area is 145 Å². The molecule has 0 spiro atoms. The van der Waals surface area contributed by atoms with E-state index in [0.717, 1.165) is 5.75 Å². The zero-order valence-corrected chi connectivity index (χ0v) is 15.0. The molecule has 1 aromatic heterocycles. The number of anilines is 1. The highest BCUT2D eigenvalue weighted by Gasteiger charge is 2.13. The van der Waals surface area contributed by atoms with E-state index in [-0.39, 0.29) is 6.61 Å². The summed E-state index contributed by atoms with van der Waals surface area (Å²) in [6, 6.07) is 7.12. The first kappa shape index (κ1) is 18.3. The second-order valence-corrected chi connectivity index (χ2v) is 6.49. The maximum atomic E-state index is 11.7. The predicted molar refractivity (Wildman–Crippen MR) is 91.7 cm³/mol. The number of carbonyl (C=O) groups excluding carboxylic acids is 1. The van der Waals surface area contributed by atoms with Gasteiger partial charge in [-0.2, -0.15) is 0 Å². The van der Waals surface area contributed by atoms with Crippen LogP contribution in [0.2, 0.25) is 0 Å². The van der Waals surface area contributed by atoms with Gasteiger partial charge in [0.15, 0.2) is 5.13 Å². The third-order valence-corrected chi connectivity index (χ3v) is 4.35. The van der Waals surface area contributed by atoms with Crippen molar-refractivity contribution >= 4 is 33.6 Å². The molecule has 0 saturated heterocycles. The highest BCUT2D eigenvalue weighted by molar-refractivity contribution is 7.78. The molecular weight excluding hydrogens is 354 g/mol. The normalized spacial score (nSPS) is 11.8. The Kier molecular flexibility index (Phi) is 6.67. The first-order valence-electron chi connectivity index (χ1n) is 6.83. The topological polar surface area (TPSA) is 98.8 Å². The summed E-state index contributed by atoms with van der Waals surface area (Å²) >= 11 is -0.508. The van der Waals surface area contributed by atoms with Crippen LogP contribution in [0.5, 0.6) is 16.6 Å². The molecule has 0 aliphatic rings. The third-order valence-electron chi connectivity index (χ3n) is 2.73. The van der Waals surface area contributed by atoms with Gasteiger partial charge in [0, 0.05) is 0 Å². The summed E-state index contributed by atoms with van der Waals surface area (Å²) in [6.45, 7) is 1.43. The van der Waals surface area contributed by atoms with E-state index < -0.39 is 17.2 Å². The molecule has 1 amide bonds. The number of hydrogen-bond donors (Lipinski definition) is 2. The Morgan fingerprint density at radius 1 is 1.29 bits per heavy atom. The van der Waals surface area contributed by atoms with Crippen molar-refractivity contribution in [3.05, 3.63) is 30.0 Å². The average molecular weight is 371 g/mol. The van der Waals surface area contributed by atoms with E-state index in [0.29, 0.717) is 21.6 Å². The number of ether oxygens (including phenoxy) is 2. The van der Waals surface area contributed by atoms with Crippen LogP contribution in [0, 0.1) is 6.92 Å². The van der Waals surface area contributed by atoms with Gasteiger partial charge in [-0.05, 0) is 38.2 Å². The van der Waals surface area contributed by atoms with Crippen LogP contribution in [-0.4, -0.2) is 35.9 Å². The molecule has 0 aliphatic carbocycles. The fraction of sp³-hybridized carbons (Fsp3) is 0.286. The maximum absolute atomic E-state index is 11.7. The number of hydrogen-bond acceptors (Lipinski definition) is 7. The minimum atomic E-state index is -1.70. The second kappa shape index (κ2) is 8.73. The van der Waals surface area contributed by atoms with Gasteiger partial charge in [-0.1, -0.05) is 11.3 Å².